The van der Waals surface area contributed by atoms with Crippen molar-refractivity contribution in [1.82, 2.24) is 0 Å². The third kappa shape index (κ3) is 3.24. The van der Waals surface area contributed by atoms with E-state index in [4.69, 9.17) is 0 Å². The molecule has 0 aliphatic carbocycles. The van der Waals surface area contributed by atoms with Crippen LogP contribution in [0.15, 0.2) is 30.3 Å². The maximum atomic E-state index is 10.1. The van der Waals surface area contributed by atoms with E-state index in [9.17, 15) is 4.79 Å². The van der Waals surface area contributed by atoms with Gasteiger partial charge in [-0.25, -0.2) is 0 Å². The van der Waals surface area contributed by atoms with Crippen LogP contribution in [0.1, 0.15) is 24.5 Å². The Morgan fingerprint density at radius 3 is 2.46 bits per heavy atom. The van der Waals surface area contributed by atoms with Gasteiger partial charge in [0.25, 0.3) is 0 Å². The average Bonchev–Trinajstić information content (AvgIpc) is 2.17. The molecule has 0 aromatic heterocycles. The molecule has 0 saturated heterocycles. The standard InChI is InChI=1S/C12H14O/c1-2-4-11-6-8-12(9-7-11)5-3-10-13/h3,5-10H,2,4H2,1H3/b5-3+. The van der Waals surface area contributed by atoms with Crippen LogP contribution in [0, 0.1) is 0 Å². The summed E-state index contributed by atoms with van der Waals surface area (Å²) in [5.41, 5.74) is 2.43. The molecule has 0 atom stereocenters. The fraction of sp³-hybridized carbons (Fsp3) is 0.250. The van der Waals surface area contributed by atoms with Crippen LogP contribution in [0.4, 0.5) is 0 Å². The third-order valence-corrected chi connectivity index (χ3v) is 1.89. The van der Waals surface area contributed by atoms with Gasteiger partial charge in [0, 0.05) is 0 Å². The summed E-state index contributed by atoms with van der Waals surface area (Å²) in [6.07, 6.45) is 6.40. The fourth-order valence-corrected chi connectivity index (χ4v) is 1.23. The highest BCUT2D eigenvalue weighted by Gasteiger charge is 1.90. The summed E-state index contributed by atoms with van der Waals surface area (Å²) < 4.78 is 0. The quantitative estimate of drug-likeness (QED) is 0.506. The van der Waals surface area contributed by atoms with Crippen LogP contribution >= 0.6 is 0 Å². The van der Waals surface area contributed by atoms with Crippen molar-refractivity contribution in [2.45, 2.75) is 19.8 Å². The molecule has 68 valence electrons. The molecule has 1 heteroatoms. The van der Waals surface area contributed by atoms with Crippen LogP contribution in [0.2, 0.25) is 0 Å². The third-order valence-electron chi connectivity index (χ3n) is 1.89. The summed E-state index contributed by atoms with van der Waals surface area (Å²) in [6.45, 7) is 2.17. The molecule has 1 rings (SSSR count). The number of allylic oxidation sites excluding steroid dienone is 1. The van der Waals surface area contributed by atoms with Crippen LogP contribution in [-0.2, 0) is 11.2 Å². The van der Waals surface area contributed by atoms with Crippen molar-refractivity contribution in [3.63, 3.8) is 0 Å². The highest BCUT2D eigenvalue weighted by molar-refractivity contribution is 5.73. The molecular weight excluding hydrogens is 160 g/mol. The maximum absolute atomic E-state index is 10.1. The van der Waals surface area contributed by atoms with Crippen LogP contribution < -0.4 is 0 Å². The second-order valence-corrected chi connectivity index (χ2v) is 2.99. The van der Waals surface area contributed by atoms with Crippen molar-refractivity contribution >= 4 is 12.4 Å². The lowest BCUT2D eigenvalue weighted by Gasteiger charge is -1.98. The Hall–Kier alpha value is -1.37. The highest BCUT2D eigenvalue weighted by Crippen LogP contribution is 2.07. The normalized spacial score (nSPS) is 10.5. The Bertz CT molecular complexity index is 282. The summed E-state index contributed by atoms with van der Waals surface area (Å²) in [6, 6.07) is 8.28. The van der Waals surface area contributed by atoms with E-state index in [0.29, 0.717) is 0 Å². The first kappa shape index (κ1) is 9.72. The number of hydrogen-bond acceptors (Lipinski definition) is 1. The van der Waals surface area contributed by atoms with Gasteiger partial charge in [-0.1, -0.05) is 43.7 Å². The number of hydrogen-bond donors (Lipinski definition) is 0. The molecular formula is C12H14O. The van der Waals surface area contributed by atoms with Gasteiger partial charge in [0.2, 0.25) is 0 Å². The average molecular weight is 174 g/mol. The first-order chi connectivity index (χ1) is 6.36. The largest absolute Gasteiger partial charge is 0.299 e. The number of carbonyl (C=O) groups excluding carboxylic acids is 1. The topological polar surface area (TPSA) is 17.1 Å². The van der Waals surface area contributed by atoms with Crippen molar-refractivity contribution in [2.24, 2.45) is 0 Å². The van der Waals surface area contributed by atoms with Gasteiger partial charge in [-0.05, 0) is 23.6 Å². The smallest absolute Gasteiger partial charge is 0.142 e. The van der Waals surface area contributed by atoms with Gasteiger partial charge >= 0.3 is 0 Å². The number of aldehydes is 1. The lowest BCUT2D eigenvalue weighted by atomic mass is 10.1. The molecule has 0 spiro atoms. The number of carbonyl (C=O) groups is 1. The van der Waals surface area contributed by atoms with Crippen molar-refractivity contribution in [3.05, 3.63) is 41.5 Å². The molecule has 0 aliphatic heterocycles. The summed E-state index contributed by atoms with van der Waals surface area (Å²) in [5.74, 6) is 0. The molecule has 0 unspecified atom stereocenters. The Balaban J connectivity index is 2.69. The Kier molecular flexibility index (Phi) is 3.97. The second kappa shape index (κ2) is 5.31. The molecule has 0 amide bonds. The maximum Gasteiger partial charge on any atom is 0.142 e. The number of rotatable bonds is 4. The SMILES string of the molecule is CCCc1ccc(/C=C/C=O)cc1. The van der Waals surface area contributed by atoms with E-state index >= 15 is 0 Å². The minimum atomic E-state index is 0.792. The molecule has 0 N–H and O–H groups in total. The predicted molar refractivity (Wildman–Crippen MR) is 55.5 cm³/mol. The molecule has 13 heavy (non-hydrogen) atoms. The fourth-order valence-electron chi connectivity index (χ4n) is 1.23. The van der Waals surface area contributed by atoms with E-state index in [1.807, 2.05) is 18.2 Å². The van der Waals surface area contributed by atoms with E-state index in [0.717, 1.165) is 18.3 Å². The van der Waals surface area contributed by atoms with Crippen LogP contribution in [-0.4, -0.2) is 6.29 Å². The molecule has 1 nitrogen and oxygen atoms in total. The van der Waals surface area contributed by atoms with Gasteiger partial charge in [0.15, 0.2) is 0 Å². The molecule has 0 aliphatic rings. The highest BCUT2D eigenvalue weighted by atomic mass is 16.1. The second-order valence-electron chi connectivity index (χ2n) is 2.99. The zero-order chi connectivity index (χ0) is 9.52. The predicted octanol–water partition coefficient (Wildman–Crippen LogP) is 2.85. The summed E-state index contributed by atoms with van der Waals surface area (Å²) in [5, 5.41) is 0. The molecule has 0 bridgehead atoms. The molecule has 1 aromatic carbocycles. The van der Waals surface area contributed by atoms with Crippen molar-refractivity contribution < 1.29 is 4.79 Å². The van der Waals surface area contributed by atoms with Crippen LogP contribution in [0.3, 0.4) is 0 Å². The zero-order valence-corrected chi connectivity index (χ0v) is 7.86. The lowest BCUT2D eigenvalue weighted by Crippen LogP contribution is -1.82. The van der Waals surface area contributed by atoms with E-state index in [1.54, 1.807) is 0 Å². The van der Waals surface area contributed by atoms with Gasteiger partial charge in [0.05, 0.1) is 0 Å². The Morgan fingerprint density at radius 1 is 1.23 bits per heavy atom. The first-order valence-corrected chi connectivity index (χ1v) is 4.57. The summed E-state index contributed by atoms with van der Waals surface area (Å²) in [4.78, 5) is 10.1. The van der Waals surface area contributed by atoms with Crippen molar-refractivity contribution in [3.8, 4) is 0 Å². The van der Waals surface area contributed by atoms with E-state index in [2.05, 4.69) is 19.1 Å². The number of aryl methyl sites for hydroxylation is 1. The summed E-state index contributed by atoms with van der Waals surface area (Å²) >= 11 is 0. The van der Waals surface area contributed by atoms with Crippen molar-refractivity contribution in [2.75, 3.05) is 0 Å². The molecule has 0 fully saturated rings. The van der Waals surface area contributed by atoms with E-state index in [1.165, 1.54) is 18.1 Å². The van der Waals surface area contributed by atoms with Gasteiger partial charge in [-0.2, -0.15) is 0 Å². The van der Waals surface area contributed by atoms with Gasteiger partial charge in [0.1, 0.15) is 6.29 Å². The van der Waals surface area contributed by atoms with Gasteiger partial charge in [-0.15, -0.1) is 0 Å². The van der Waals surface area contributed by atoms with E-state index in [-0.39, 0.29) is 0 Å². The molecule has 0 heterocycles. The molecule has 0 radical (unpaired) electrons. The Morgan fingerprint density at radius 2 is 1.92 bits per heavy atom. The van der Waals surface area contributed by atoms with Gasteiger partial charge in [-0.3, -0.25) is 4.79 Å². The lowest BCUT2D eigenvalue weighted by molar-refractivity contribution is -0.104. The van der Waals surface area contributed by atoms with Crippen LogP contribution in [0.5, 0.6) is 0 Å². The first-order valence-electron chi connectivity index (χ1n) is 4.57. The minimum Gasteiger partial charge on any atom is -0.299 e. The van der Waals surface area contributed by atoms with E-state index < -0.39 is 0 Å². The monoisotopic (exact) mass is 174 g/mol. The minimum absolute atomic E-state index is 0.792. The summed E-state index contributed by atoms with van der Waals surface area (Å²) in [7, 11) is 0. The molecule has 1 aromatic rings. The van der Waals surface area contributed by atoms with Gasteiger partial charge < -0.3 is 0 Å². The number of benzene rings is 1. The van der Waals surface area contributed by atoms with Crippen LogP contribution in [0.25, 0.3) is 6.08 Å². The Labute approximate surface area is 79.1 Å². The molecule has 0 saturated carbocycles. The zero-order valence-electron chi connectivity index (χ0n) is 7.86. The van der Waals surface area contributed by atoms with Crippen molar-refractivity contribution in [1.29, 1.82) is 0 Å².